The summed E-state index contributed by atoms with van der Waals surface area (Å²) in [5, 5.41) is 8.85. The average Bonchev–Trinajstić information content (AvgIpc) is 2.35. The molecule has 1 aromatic carbocycles. The molecule has 0 aromatic heterocycles. The zero-order valence-electron chi connectivity index (χ0n) is 10.00. The molecule has 0 saturated heterocycles. The molecule has 102 valence electrons. The monoisotopic (exact) mass is 283 g/mol. The Hall–Kier alpha value is -2.11. The molecule has 1 rings (SSSR count). The van der Waals surface area contributed by atoms with E-state index >= 15 is 0 Å². The Bertz CT molecular complexity index is 592. The molecule has 0 radical (unpaired) electrons. The molecule has 0 heterocycles. The first kappa shape index (κ1) is 14.9. The molecular weight excluding hydrogens is 270 g/mol. The van der Waals surface area contributed by atoms with E-state index in [1.807, 2.05) is 6.07 Å². The van der Waals surface area contributed by atoms with Crippen LogP contribution in [0.4, 0.5) is 4.79 Å². The van der Waals surface area contributed by atoms with E-state index in [9.17, 15) is 13.2 Å². The van der Waals surface area contributed by atoms with Gasteiger partial charge in [0.15, 0.2) is 0 Å². The van der Waals surface area contributed by atoms with Gasteiger partial charge in [0.2, 0.25) is 10.0 Å². The van der Waals surface area contributed by atoms with Gasteiger partial charge in [0, 0.05) is 6.54 Å². The number of hydrogen-bond acceptors (Lipinski definition) is 5. The zero-order valence-corrected chi connectivity index (χ0v) is 10.8. The van der Waals surface area contributed by atoms with Crippen LogP contribution in [-0.4, -0.2) is 27.7 Å². The van der Waals surface area contributed by atoms with Gasteiger partial charge in [-0.3, -0.25) is 0 Å². The number of hydrogen-bond donors (Lipinski definition) is 2. The van der Waals surface area contributed by atoms with Crippen molar-refractivity contribution in [3.8, 4) is 6.07 Å². The van der Waals surface area contributed by atoms with Crippen LogP contribution in [0.3, 0.4) is 0 Å². The lowest BCUT2D eigenvalue weighted by atomic mass is 10.1. The van der Waals surface area contributed by atoms with E-state index < -0.39 is 16.1 Å². The number of amides is 1. The van der Waals surface area contributed by atoms with Gasteiger partial charge in [-0.15, -0.1) is 0 Å². The summed E-state index contributed by atoms with van der Waals surface area (Å²) in [6.45, 7) is -0.214. The number of primary amides is 1. The van der Waals surface area contributed by atoms with Gasteiger partial charge in [0.25, 0.3) is 0 Å². The molecule has 1 amide bonds. The number of benzene rings is 1. The van der Waals surface area contributed by atoms with E-state index in [2.05, 4.69) is 9.46 Å². The maximum absolute atomic E-state index is 11.7. The summed E-state index contributed by atoms with van der Waals surface area (Å²) < 4.78 is 30.1. The van der Waals surface area contributed by atoms with Gasteiger partial charge in [-0.2, -0.15) is 5.26 Å². The molecule has 0 bridgehead atoms. The third kappa shape index (κ3) is 5.37. The summed E-state index contributed by atoms with van der Waals surface area (Å²) in [4.78, 5) is 10.3. The molecule has 19 heavy (non-hydrogen) atoms. The molecule has 0 aliphatic heterocycles. The Morgan fingerprint density at radius 2 is 2.11 bits per heavy atom. The number of nitrogens with one attached hydrogen (secondary N) is 1. The highest BCUT2D eigenvalue weighted by Crippen LogP contribution is 2.10. The smallest absolute Gasteiger partial charge is 0.404 e. The van der Waals surface area contributed by atoms with E-state index in [-0.39, 0.29) is 18.9 Å². The number of nitriles is 1. The molecular formula is C11H13N3O4S. The molecule has 0 aliphatic rings. The second kappa shape index (κ2) is 6.72. The number of ether oxygens (including phenoxy) is 1. The Kier molecular flexibility index (Phi) is 5.29. The lowest BCUT2D eigenvalue weighted by molar-refractivity contribution is 0.159. The van der Waals surface area contributed by atoms with Crippen molar-refractivity contribution in [2.24, 2.45) is 5.73 Å². The summed E-state index contributed by atoms with van der Waals surface area (Å²) in [5.41, 5.74) is 5.45. The van der Waals surface area contributed by atoms with Crippen LogP contribution in [0.25, 0.3) is 0 Å². The Balaban J connectivity index is 2.60. The second-order valence-corrected chi connectivity index (χ2v) is 5.40. The maximum Gasteiger partial charge on any atom is 0.404 e. The summed E-state index contributed by atoms with van der Waals surface area (Å²) in [7, 11) is -3.60. The molecule has 3 N–H and O–H groups in total. The third-order valence-electron chi connectivity index (χ3n) is 2.15. The lowest BCUT2D eigenvalue weighted by Crippen LogP contribution is -2.30. The summed E-state index contributed by atoms with van der Waals surface area (Å²) in [6.07, 6.45) is -0.964. The van der Waals surface area contributed by atoms with E-state index in [1.165, 1.54) is 0 Å². The first-order valence-corrected chi connectivity index (χ1v) is 6.97. The van der Waals surface area contributed by atoms with Crippen molar-refractivity contribution in [3.63, 3.8) is 0 Å². The van der Waals surface area contributed by atoms with Crippen LogP contribution in [0.1, 0.15) is 11.1 Å². The van der Waals surface area contributed by atoms with Crippen LogP contribution >= 0.6 is 0 Å². The summed E-state index contributed by atoms with van der Waals surface area (Å²) in [5.74, 6) is -0.312. The van der Waals surface area contributed by atoms with Crippen molar-refractivity contribution < 1.29 is 17.9 Å². The molecule has 0 spiro atoms. The van der Waals surface area contributed by atoms with Crippen molar-refractivity contribution in [1.82, 2.24) is 4.72 Å². The molecule has 7 nitrogen and oxygen atoms in total. The maximum atomic E-state index is 11.7. The van der Waals surface area contributed by atoms with Crippen molar-refractivity contribution in [3.05, 3.63) is 35.4 Å². The largest absolute Gasteiger partial charge is 0.448 e. The van der Waals surface area contributed by atoms with Gasteiger partial charge in [0.05, 0.1) is 17.4 Å². The van der Waals surface area contributed by atoms with Crippen LogP contribution < -0.4 is 10.5 Å². The SMILES string of the molecule is N#Cc1ccccc1CS(=O)(=O)NCCOC(N)=O. The minimum absolute atomic E-state index is 0.0695. The zero-order chi connectivity index (χ0) is 14.3. The van der Waals surface area contributed by atoms with E-state index in [0.29, 0.717) is 11.1 Å². The van der Waals surface area contributed by atoms with Gasteiger partial charge in [-0.25, -0.2) is 17.9 Å². The van der Waals surface area contributed by atoms with Crippen LogP contribution in [-0.2, 0) is 20.5 Å². The predicted molar refractivity (Wildman–Crippen MR) is 67.3 cm³/mol. The van der Waals surface area contributed by atoms with Crippen molar-refractivity contribution in [2.45, 2.75) is 5.75 Å². The Labute approximate surface area is 111 Å². The summed E-state index contributed by atoms with van der Waals surface area (Å²) in [6, 6.07) is 8.34. The van der Waals surface area contributed by atoms with Gasteiger partial charge in [-0.05, 0) is 11.6 Å². The third-order valence-corrected chi connectivity index (χ3v) is 3.49. The first-order valence-electron chi connectivity index (χ1n) is 5.32. The predicted octanol–water partition coefficient (Wildman–Crippen LogP) is 0.0730. The fraction of sp³-hybridized carbons (Fsp3) is 0.273. The number of carbonyl (C=O) groups is 1. The molecule has 1 aromatic rings. The van der Waals surface area contributed by atoms with Crippen LogP contribution in [0.15, 0.2) is 24.3 Å². The second-order valence-electron chi connectivity index (χ2n) is 3.59. The van der Waals surface area contributed by atoms with Crippen LogP contribution in [0.5, 0.6) is 0 Å². The first-order chi connectivity index (χ1) is 8.94. The Morgan fingerprint density at radius 1 is 1.42 bits per heavy atom. The van der Waals surface area contributed by atoms with Crippen LogP contribution in [0, 0.1) is 11.3 Å². The molecule has 0 fully saturated rings. The number of rotatable bonds is 6. The number of sulfonamides is 1. The topological polar surface area (TPSA) is 122 Å². The fourth-order valence-electron chi connectivity index (χ4n) is 1.36. The normalized spacial score (nSPS) is 10.7. The number of nitrogens with two attached hydrogens (primary N) is 1. The minimum atomic E-state index is -3.60. The van der Waals surface area contributed by atoms with Crippen LogP contribution in [0.2, 0.25) is 0 Å². The van der Waals surface area contributed by atoms with Gasteiger partial charge in [0.1, 0.15) is 6.61 Å². The molecule has 0 saturated carbocycles. The molecule has 0 aliphatic carbocycles. The minimum Gasteiger partial charge on any atom is -0.448 e. The standard InChI is InChI=1S/C11H13N3O4S/c12-7-9-3-1-2-4-10(9)8-19(16,17)14-5-6-18-11(13)15/h1-4,14H,5-6,8H2,(H2,13,15). The molecule has 0 atom stereocenters. The number of carbonyl (C=O) groups excluding carboxylic acids is 1. The molecule has 8 heteroatoms. The highest BCUT2D eigenvalue weighted by molar-refractivity contribution is 7.88. The van der Waals surface area contributed by atoms with Gasteiger partial charge >= 0.3 is 6.09 Å². The lowest BCUT2D eigenvalue weighted by Gasteiger charge is -2.07. The van der Waals surface area contributed by atoms with Crippen molar-refractivity contribution >= 4 is 16.1 Å². The Morgan fingerprint density at radius 3 is 2.74 bits per heavy atom. The number of nitrogens with zero attached hydrogens (tertiary/aromatic N) is 1. The highest BCUT2D eigenvalue weighted by atomic mass is 32.2. The summed E-state index contributed by atoms with van der Waals surface area (Å²) >= 11 is 0. The van der Waals surface area contributed by atoms with E-state index in [1.54, 1.807) is 24.3 Å². The van der Waals surface area contributed by atoms with E-state index in [4.69, 9.17) is 11.0 Å². The van der Waals surface area contributed by atoms with Crippen molar-refractivity contribution in [2.75, 3.05) is 13.2 Å². The fourth-order valence-corrected chi connectivity index (χ4v) is 2.52. The van der Waals surface area contributed by atoms with Crippen molar-refractivity contribution in [1.29, 1.82) is 5.26 Å². The van der Waals surface area contributed by atoms with Gasteiger partial charge < -0.3 is 10.5 Å². The highest BCUT2D eigenvalue weighted by Gasteiger charge is 2.13. The van der Waals surface area contributed by atoms with E-state index in [0.717, 1.165) is 0 Å². The quantitative estimate of drug-likeness (QED) is 0.715. The van der Waals surface area contributed by atoms with Gasteiger partial charge in [-0.1, -0.05) is 18.2 Å². The molecule has 0 unspecified atom stereocenters. The average molecular weight is 283 g/mol.